The molecule has 33 heavy (non-hydrogen) atoms. The predicted octanol–water partition coefficient (Wildman–Crippen LogP) is 3.10. The van der Waals surface area contributed by atoms with Crippen molar-refractivity contribution in [1.29, 1.82) is 0 Å². The smallest absolute Gasteiger partial charge is 0.262 e. The van der Waals surface area contributed by atoms with Gasteiger partial charge in [0, 0.05) is 52.0 Å². The Balaban J connectivity index is 1.58. The standard InChI is InChI=1S/C24H29N5O3S/c1-27-11-13-28(14-12-27)21-7-4-3-6-19(21)25-22(30)17-8-9-18-20(16-17)26-24(33)29(23(18)31)10-5-15-32-2/h3-4,6-9,16H,5,10-15H2,1-2H3,(H,25,30)(H,26,33). The highest BCUT2D eigenvalue weighted by molar-refractivity contribution is 7.71. The Morgan fingerprint density at radius 3 is 2.67 bits per heavy atom. The summed E-state index contributed by atoms with van der Waals surface area (Å²) in [5.74, 6) is -0.234. The van der Waals surface area contributed by atoms with Crippen LogP contribution in [0.4, 0.5) is 11.4 Å². The molecule has 1 amide bonds. The van der Waals surface area contributed by atoms with E-state index in [-0.39, 0.29) is 11.5 Å². The molecule has 1 aliphatic rings. The van der Waals surface area contributed by atoms with Crippen LogP contribution in [0, 0.1) is 4.77 Å². The first-order valence-electron chi connectivity index (χ1n) is 11.1. The van der Waals surface area contributed by atoms with E-state index in [2.05, 4.69) is 27.1 Å². The normalized spacial score (nSPS) is 14.5. The number of carbonyl (C=O) groups is 1. The molecule has 4 rings (SSSR count). The highest BCUT2D eigenvalue weighted by Gasteiger charge is 2.18. The minimum atomic E-state index is -0.234. The van der Waals surface area contributed by atoms with Crippen LogP contribution in [-0.4, -0.2) is 67.3 Å². The van der Waals surface area contributed by atoms with E-state index in [9.17, 15) is 9.59 Å². The molecular weight excluding hydrogens is 438 g/mol. The number of methoxy groups -OCH3 is 1. The topological polar surface area (TPSA) is 82.6 Å². The van der Waals surface area contributed by atoms with E-state index in [1.165, 1.54) is 4.57 Å². The Kier molecular flexibility index (Phi) is 7.22. The van der Waals surface area contributed by atoms with Crippen LogP contribution >= 0.6 is 12.2 Å². The van der Waals surface area contributed by atoms with Crippen molar-refractivity contribution in [2.24, 2.45) is 0 Å². The Hall–Kier alpha value is -3.01. The number of aromatic nitrogens is 2. The number of ether oxygens (including phenoxy) is 1. The van der Waals surface area contributed by atoms with E-state index in [1.807, 2.05) is 24.3 Å². The maximum atomic E-state index is 13.1. The maximum Gasteiger partial charge on any atom is 0.262 e. The number of anilines is 2. The number of likely N-dealkylation sites (N-methyl/N-ethyl adjacent to an activating group) is 1. The summed E-state index contributed by atoms with van der Waals surface area (Å²) in [5.41, 5.74) is 2.62. The van der Waals surface area contributed by atoms with Gasteiger partial charge in [-0.15, -0.1) is 0 Å². The Bertz CT molecular complexity index is 1260. The van der Waals surface area contributed by atoms with Gasteiger partial charge < -0.3 is 24.8 Å². The summed E-state index contributed by atoms with van der Waals surface area (Å²) >= 11 is 5.39. The molecule has 0 unspecified atom stereocenters. The van der Waals surface area contributed by atoms with Crippen molar-refractivity contribution in [1.82, 2.24) is 14.5 Å². The van der Waals surface area contributed by atoms with E-state index in [0.29, 0.717) is 40.8 Å². The van der Waals surface area contributed by atoms with Gasteiger partial charge in [-0.2, -0.15) is 0 Å². The largest absolute Gasteiger partial charge is 0.385 e. The molecule has 2 heterocycles. The lowest BCUT2D eigenvalue weighted by Gasteiger charge is -2.35. The van der Waals surface area contributed by atoms with E-state index in [4.69, 9.17) is 17.0 Å². The summed E-state index contributed by atoms with van der Waals surface area (Å²) in [6.07, 6.45) is 0.687. The molecule has 0 bridgehead atoms. The van der Waals surface area contributed by atoms with Crippen LogP contribution in [0.15, 0.2) is 47.3 Å². The van der Waals surface area contributed by atoms with Crippen molar-refractivity contribution in [3.8, 4) is 0 Å². The van der Waals surface area contributed by atoms with Crippen molar-refractivity contribution < 1.29 is 9.53 Å². The monoisotopic (exact) mass is 467 g/mol. The number of aromatic amines is 1. The lowest BCUT2D eigenvalue weighted by molar-refractivity contribution is 0.102. The van der Waals surface area contributed by atoms with Gasteiger partial charge in [-0.3, -0.25) is 14.2 Å². The number of rotatable bonds is 7. The molecule has 174 valence electrons. The number of carbonyl (C=O) groups excluding carboxylic acids is 1. The number of nitrogens with one attached hydrogen (secondary N) is 2. The molecule has 1 aliphatic heterocycles. The average molecular weight is 468 g/mol. The van der Waals surface area contributed by atoms with E-state index in [0.717, 1.165) is 37.6 Å². The predicted molar refractivity (Wildman–Crippen MR) is 134 cm³/mol. The van der Waals surface area contributed by atoms with Gasteiger partial charge in [0.25, 0.3) is 11.5 Å². The second kappa shape index (κ2) is 10.3. The van der Waals surface area contributed by atoms with Gasteiger partial charge in [0.05, 0.1) is 22.3 Å². The van der Waals surface area contributed by atoms with Crippen LogP contribution in [0.1, 0.15) is 16.8 Å². The molecule has 0 radical (unpaired) electrons. The Morgan fingerprint density at radius 2 is 1.91 bits per heavy atom. The number of benzene rings is 2. The summed E-state index contributed by atoms with van der Waals surface area (Å²) in [7, 11) is 3.74. The van der Waals surface area contributed by atoms with Crippen LogP contribution in [-0.2, 0) is 11.3 Å². The van der Waals surface area contributed by atoms with Gasteiger partial charge in [0.1, 0.15) is 0 Å². The number of piperazine rings is 1. The number of hydrogen-bond acceptors (Lipinski definition) is 6. The first-order valence-corrected chi connectivity index (χ1v) is 11.5. The van der Waals surface area contributed by atoms with Crippen molar-refractivity contribution in [2.75, 3.05) is 57.2 Å². The molecule has 9 heteroatoms. The maximum absolute atomic E-state index is 13.1. The molecule has 8 nitrogen and oxygen atoms in total. The lowest BCUT2D eigenvalue weighted by Crippen LogP contribution is -2.44. The van der Waals surface area contributed by atoms with Crippen LogP contribution in [0.3, 0.4) is 0 Å². The molecule has 2 N–H and O–H groups in total. The number of hydrogen-bond donors (Lipinski definition) is 2. The van der Waals surface area contributed by atoms with Crippen molar-refractivity contribution in [3.63, 3.8) is 0 Å². The molecule has 1 aromatic heterocycles. The van der Waals surface area contributed by atoms with Gasteiger partial charge in [-0.25, -0.2) is 0 Å². The molecule has 0 aliphatic carbocycles. The molecule has 3 aromatic rings. The van der Waals surface area contributed by atoms with E-state index < -0.39 is 0 Å². The SMILES string of the molecule is COCCCn1c(=S)[nH]c2cc(C(=O)Nc3ccccc3N3CCN(C)CC3)ccc2c1=O. The Morgan fingerprint density at radius 1 is 1.15 bits per heavy atom. The third kappa shape index (κ3) is 5.16. The number of nitrogens with zero attached hydrogens (tertiary/aromatic N) is 3. The number of fused-ring (bicyclic) bond motifs is 1. The van der Waals surface area contributed by atoms with Gasteiger partial charge >= 0.3 is 0 Å². The van der Waals surface area contributed by atoms with Crippen LogP contribution in [0.2, 0.25) is 0 Å². The molecule has 0 saturated carbocycles. The third-order valence-corrected chi connectivity index (χ3v) is 6.29. The first-order chi connectivity index (χ1) is 16.0. The van der Waals surface area contributed by atoms with E-state index in [1.54, 1.807) is 25.3 Å². The highest BCUT2D eigenvalue weighted by Crippen LogP contribution is 2.27. The van der Waals surface area contributed by atoms with Crippen molar-refractivity contribution in [3.05, 3.63) is 63.2 Å². The first kappa shape index (κ1) is 23.2. The van der Waals surface area contributed by atoms with Crippen LogP contribution < -0.4 is 15.8 Å². The second-order valence-electron chi connectivity index (χ2n) is 8.26. The summed E-state index contributed by atoms with van der Waals surface area (Å²) in [5, 5.41) is 3.54. The van der Waals surface area contributed by atoms with Crippen LogP contribution in [0.25, 0.3) is 10.9 Å². The lowest BCUT2D eigenvalue weighted by atomic mass is 10.1. The van der Waals surface area contributed by atoms with Gasteiger partial charge in [0.15, 0.2) is 4.77 Å². The minimum absolute atomic E-state index is 0.169. The highest BCUT2D eigenvalue weighted by atomic mass is 32.1. The average Bonchev–Trinajstić information content (AvgIpc) is 2.82. The number of amides is 1. The zero-order valence-corrected chi connectivity index (χ0v) is 19.8. The number of H-pyrrole nitrogens is 1. The molecule has 1 saturated heterocycles. The second-order valence-corrected chi connectivity index (χ2v) is 8.64. The minimum Gasteiger partial charge on any atom is -0.385 e. The van der Waals surface area contributed by atoms with Gasteiger partial charge in [0.2, 0.25) is 0 Å². The fraction of sp³-hybridized carbons (Fsp3) is 0.375. The van der Waals surface area contributed by atoms with E-state index >= 15 is 0 Å². The molecule has 0 atom stereocenters. The Labute approximate surface area is 197 Å². The third-order valence-electron chi connectivity index (χ3n) is 5.97. The summed E-state index contributed by atoms with van der Waals surface area (Å²) in [4.78, 5) is 33.6. The number of para-hydroxylation sites is 2. The summed E-state index contributed by atoms with van der Waals surface area (Å²) in [6.45, 7) is 4.81. The van der Waals surface area contributed by atoms with Crippen molar-refractivity contribution in [2.45, 2.75) is 13.0 Å². The summed E-state index contributed by atoms with van der Waals surface area (Å²) in [6, 6.07) is 12.9. The fourth-order valence-corrected chi connectivity index (χ4v) is 4.35. The van der Waals surface area contributed by atoms with Crippen molar-refractivity contribution >= 4 is 40.4 Å². The summed E-state index contributed by atoms with van der Waals surface area (Å²) < 4.78 is 6.93. The van der Waals surface area contributed by atoms with Gasteiger partial charge in [-0.05, 0) is 56.0 Å². The molecule has 2 aromatic carbocycles. The molecule has 0 spiro atoms. The quantitative estimate of drug-likeness (QED) is 0.411. The van der Waals surface area contributed by atoms with Gasteiger partial charge in [-0.1, -0.05) is 12.1 Å². The zero-order valence-electron chi connectivity index (χ0n) is 19.0. The molecule has 1 fully saturated rings. The molecular formula is C24H29N5O3S. The van der Waals surface area contributed by atoms with Crippen LogP contribution in [0.5, 0.6) is 0 Å². The fourth-order valence-electron chi connectivity index (χ4n) is 4.06. The zero-order chi connectivity index (χ0) is 23.4.